The van der Waals surface area contributed by atoms with Crippen molar-refractivity contribution in [3.63, 3.8) is 0 Å². The van der Waals surface area contributed by atoms with E-state index in [1.54, 1.807) is 0 Å². The predicted octanol–water partition coefficient (Wildman–Crippen LogP) is 2.88. The number of nitrogens with zero attached hydrogens (tertiary/aromatic N) is 2. The van der Waals surface area contributed by atoms with Gasteiger partial charge in [-0.1, -0.05) is 30.1 Å². The van der Waals surface area contributed by atoms with Crippen LogP contribution in [0, 0.1) is 0 Å². The van der Waals surface area contributed by atoms with Crippen molar-refractivity contribution in [2.75, 3.05) is 6.61 Å². The lowest BCUT2D eigenvalue weighted by Crippen LogP contribution is -2.02. The van der Waals surface area contributed by atoms with Crippen LogP contribution in [0.4, 0.5) is 0 Å². The van der Waals surface area contributed by atoms with Crippen molar-refractivity contribution in [2.24, 2.45) is 0 Å². The molecule has 5 heteroatoms. The van der Waals surface area contributed by atoms with E-state index in [0.29, 0.717) is 29.3 Å². The molecule has 0 aliphatic carbocycles. The third-order valence-corrected chi connectivity index (χ3v) is 2.37. The summed E-state index contributed by atoms with van der Waals surface area (Å²) < 4.78 is 5.16. The summed E-state index contributed by atoms with van der Waals surface area (Å²) in [6, 6.07) is 0. The Balaban J connectivity index is 2.90. The van der Waals surface area contributed by atoms with Crippen molar-refractivity contribution in [1.82, 2.24) is 9.97 Å². The molecule has 78 valence electrons. The zero-order valence-electron chi connectivity index (χ0n) is 8.18. The average molecular weight is 235 g/mol. The van der Waals surface area contributed by atoms with E-state index in [1.165, 1.54) is 0 Å². The van der Waals surface area contributed by atoms with E-state index in [9.17, 15) is 0 Å². The Kier molecular flexibility index (Phi) is 4.58. The minimum absolute atomic E-state index is 0.347. The molecule has 0 fully saturated rings. The third-order valence-electron chi connectivity index (χ3n) is 1.74. The molecule has 0 N–H and O–H groups in total. The Morgan fingerprint density at radius 1 is 1.14 bits per heavy atom. The fraction of sp³-hybridized carbons (Fsp3) is 0.556. The van der Waals surface area contributed by atoms with Gasteiger partial charge in [0, 0.05) is 12.2 Å². The monoisotopic (exact) mass is 234 g/mol. The molecule has 1 heterocycles. The molecule has 0 aliphatic rings. The van der Waals surface area contributed by atoms with Gasteiger partial charge in [-0.25, -0.2) is 9.97 Å². The molecule has 0 amide bonds. The highest BCUT2D eigenvalue weighted by Crippen LogP contribution is 2.21. The van der Waals surface area contributed by atoms with E-state index < -0.39 is 0 Å². The van der Waals surface area contributed by atoms with Crippen LogP contribution in [0.25, 0.3) is 0 Å². The van der Waals surface area contributed by atoms with Gasteiger partial charge in [0.05, 0.1) is 0 Å². The highest BCUT2D eigenvalue weighted by molar-refractivity contribution is 6.34. The highest BCUT2D eigenvalue weighted by Gasteiger charge is 2.09. The van der Waals surface area contributed by atoms with E-state index in [0.717, 1.165) is 12.0 Å². The molecule has 1 aromatic heterocycles. The predicted molar refractivity (Wildman–Crippen MR) is 56.8 cm³/mol. The second kappa shape index (κ2) is 5.49. The van der Waals surface area contributed by atoms with Gasteiger partial charge < -0.3 is 4.74 Å². The number of halogens is 2. The van der Waals surface area contributed by atoms with Crippen molar-refractivity contribution < 1.29 is 4.74 Å². The first-order valence-electron chi connectivity index (χ1n) is 4.47. The molecular formula is C9H12Cl2N2O. The Hall–Kier alpha value is -0.380. The summed E-state index contributed by atoms with van der Waals surface area (Å²) >= 11 is 11.8. The lowest BCUT2D eigenvalue weighted by atomic mass is 10.3. The summed E-state index contributed by atoms with van der Waals surface area (Å²) in [6.07, 6.45) is 0.729. The van der Waals surface area contributed by atoms with Crippen LogP contribution in [0.1, 0.15) is 25.2 Å². The van der Waals surface area contributed by atoms with E-state index in [1.807, 2.05) is 13.8 Å². The first-order chi connectivity index (χ1) is 6.69. The molecular weight excluding hydrogens is 223 g/mol. The first-order valence-corrected chi connectivity index (χ1v) is 5.23. The Morgan fingerprint density at radius 2 is 1.71 bits per heavy atom. The Labute approximate surface area is 93.4 Å². The van der Waals surface area contributed by atoms with Crippen molar-refractivity contribution in [1.29, 1.82) is 0 Å². The standard InChI is InChI=1S/C9H12Cl2N2O/c1-3-6-8(10)12-7(5-14-4-2)13-9(6)11/h3-5H2,1-2H3. The number of aromatic nitrogens is 2. The van der Waals surface area contributed by atoms with Gasteiger partial charge in [-0.05, 0) is 13.3 Å². The molecule has 0 bridgehead atoms. The maximum atomic E-state index is 5.92. The smallest absolute Gasteiger partial charge is 0.157 e. The molecule has 3 nitrogen and oxygen atoms in total. The number of hydrogen-bond acceptors (Lipinski definition) is 3. The summed E-state index contributed by atoms with van der Waals surface area (Å²) in [6.45, 7) is 4.83. The summed E-state index contributed by atoms with van der Waals surface area (Å²) in [4.78, 5) is 8.17. The summed E-state index contributed by atoms with van der Waals surface area (Å²) in [5, 5.41) is 0.837. The number of rotatable bonds is 4. The molecule has 0 radical (unpaired) electrons. The molecule has 1 aromatic rings. The van der Waals surface area contributed by atoms with Gasteiger partial charge >= 0.3 is 0 Å². The van der Waals surface area contributed by atoms with Crippen molar-refractivity contribution >= 4 is 23.2 Å². The Bertz CT molecular complexity index is 295. The van der Waals surface area contributed by atoms with Gasteiger partial charge in [0.1, 0.15) is 16.9 Å². The molecule has 0 spiro atoms. The molecule has 0 saturated carbocycles. The topological polar surface area (TPSA) is 35.0 Å². The van der Waals surface area contributed by atoms with Gasteiger partial charge in [0.2, 0.25) is 0 Å². The summed E-state index contributed by atoms with van der Waals surface area (Å²) in [5.74, 6) is 0.527. The van der Waals surface area contributed by atoms with E-state index in [-0.39, 0.29) is 0 Å². The molecule has 1 rings (SSSR count). The second-order valence-electron chi connectivity index (χ2n) is 2.69. The second-order valence-corrected chi connectivity index (χ2v) is 3.41. The third kappa shape index (κ3) is 2.80. The number of hydrogen-bond donors (Lipinski definition) is 0. The van der Waals surface area contributed by atoms with Crippen LogP contribution in [0.15, 0.2) is 0 Å². The van der Waals surface area contributed by atoms with Crippen LogP contribution in [-0.4, -0.2) is 16.6 Å². The minimum atomic E-state index is 0.347. The largest absolute Gasteiger partial charge is 0.374 e. The van der Waals surface area contributed by atoms with Crippen LogP contribution < -0.4 is 0 Å². The van der Waals surface area contributed by atoms with Crippen molar-refractivity contribution in [3.05, 3.63) is 21.7 Å². The minimum Gasteiger partial charge on any atom is -0.374 e. The average Bonchev–Trinajstić information content (AvgIpc) is 2.14. The fourth-order valence-corrected chi connectivity index (χ4v) is 1.71. The number of ether oxygens (including phenoxy) is 1. The molecule has 0 aliphatic heterocycles. The fourth-order valence-electron chi connectivity index (χ4n) is 1.02. The highest BCUT2D eigenvalue weighted by atomic mass is 35.5. The first kappa shape index (κ1) is 11.7. The molecule has 14 heavy (non-hydrogen) atoms. The van der Waals surface area contributed by atoms with Gasteiger partial charge in [0.25, 0.3) is 0 Å². The van der Waals surface area contributed by atoms with Crippen LogP contribution in [0.3, 0.4) is 0 Å². The van der Waals surface area contributed by atoms with Gasteiger partial charge in [-0.3, -0.25) is 0 Å². The normalized spacial score (nSPS) is 10.6. The van der Waals surface area contributed by atoms with Crippen LogP contribution >= 0.6 is 23.2 Å². The quantitative estimate of drug-likeness (QED) is 0.752. The SMILES string of the molecule is CCOCc1nc(Cl)c(CC)c(Cl)n1. The van der Waals surface area contributed by atoms with Gasteiger partial charge in [-0.2, -0.15) is 0 Å². The van der Waals surface area contributed by atoms with Crippen LogP contribution in [0.5, 0.6) is 0 Å². The zero-order valence-corrected chi connectivity index (χ0v) is 9.69. The van der Waals surface area contributed by atoms with Gasteiger partial charge in [0.15, 0.2) is 5.82 Å². The van der Waals surface area contributed by atoms with Crippen molar-refractivity contribution in [2.45, 2.75) is 26.9 Å². The summed E-state index contributed by atoms with van der Waals surface area (Å²) in [7, 11) is 0. The van der Waals surface area contributed by atoms with Crippen molar-refractivity contribution in [3.8, 4) is 0 Å². The maximum Gasteiger partial charge on any atom is 0.157 e. The molecule has 0 aromatic carbocycles. The molecule has 0 saturated heterocycles. The lowest BCUT2D eigenvalue weighted by molar-refractivity contribution is 0.128. The van der Waals surface area contributed by atoms with Gasteiger partial charge in [-0.15, -0.1) is 0 Å². The zero-order chi connectivity index (χ0) is 10.6. The van der Waals surface area contributed by atoms with E-state index in [2.05, 4.69) is 9.97 Å². The molecule has 0 atom stereocenters. The van der Waals surface area contributed by atoms with E-state index in [4.69, 9.17) is 27.9 Å². The Morgan fingerprint density at radius 3 is 2.14 bits per heavy atom. The molecule has 0 unspecified atom stereocenters. The summed E-state index contributed by atoms with van der Waals surface area (Å²) in [5.41, 5.74) is 0.786. The van der Waals surface area contributed by atoms with Crippen LogP contribution in [-0.2, 0) is 17.8 Å². The maximum absolute atomic E-state index is 5.92. The van der Waals surface area contributed by atoms with Crippen LogP contribution in [0.2, 0.25) is 10.3 Å². The van der Waals surface area contributed by atoms with E-state index >= 15 is 0 Å². The lowest BCUT2D eigenvalue weighted by Gasteiger charge is -2.05.